The number of aromatic nitrogens is 2. The average Bonchev–Trinajstić information content (AvgIpc) is 2.80. The number of nitrogens with two attached hydrogens (primary N) is 1. The van der Waals surface area contributed by atoms with E-state index in [-0.39, 0.29) is 5.69 Å². The Hall–Kier alpha value is -2.82. The highest BCUT2D eigenvalue weighted by Crippen LogP contribution is 2.26. The standard InChI is InChI=1S/C15H13N3O2/c1-18-7-5-10-8-11(2-3-14(10)18)20-12-4-6-17-13(9-12)15(16)19/h2-9H,1H3,(H2,16,19). The van der Waals surface area contributed by atoms with Crippen molar-refractivity contribution in [2.24, 2.45) is 12.8 Å². The molecule has 2 aromatic heterocycles. The van der Waals surface area contributed by atoms with Gasteiger partial charge in [-0.05, 0) is 30.3 Å². The Morgan fingerprint density at radius 3 is 2.80 bits per heavy atom. The largest absolute Gasteiger partial charge is 0.457 e. The van der Waals surface area contributed by atoms with Crippen LogP contribution in [0.4, 0.5) is 0 Å². The molecule has 0 spiro atoms. The van der Waals surface area contributed by atoms with Crippen molar-refractivity contribution >= 4 is 16.8 Å². The van der Waals surface area contributed by atoms with Gasteiger partial charge in [-0.3, -0.25) is 9.78 Å². The minimum Gasteiger partial charge on any atom is -0.457 e. The molecule has 100 valence electrons. The Labute approximate surface area is 115 Å². The van der Waals surface area contributed by atoms with E-state index in [9.17, 15) is 4.79 Å². The first kappa shape index (κ1) is 12.2. The zero-order valence-electron chi connectivity index (χ0n) is 10.9. The number of primary amides is 1. The molecule has 3 aromatic rings. The molecule has 1 amide bonds. The molecule has 0 aliphatic carbocycles. The van der Waals surface area contributed by atoms with E-state index < -0.39 is 5.91 Å². The molecule has 0 fully saturated rings. The molecule has 0 aliphatic heterocycles. The van der Waals surface area contributed by atoms with Gasteiger partial charge >= 0.3 is 0 Å². The molecule has 20 heavy (non-hydrogen) atoms. The smallest absolute Gasteiger partial charge is 0.267 e. The summed E-state index contributed by atoms with van der Waals surface area (Å²) in [6.45, 7) is 0. The van der Waals surface area contributed by atoms with E-state index >= 15 is 0 Å². The van der Waals surface area contributed by atoms with Crippen LogP contribution in [0.25, 0.3) is 10.9 Å². The molecule has 0 aliphatic rings. The number of aryl methyl sites for hydroxylation is 1. The Morgan fingerprint density at radius 1 is 1.20 bits per heavy atom. The fourth-order valence-corrected chi connectivity index (χ4v) is 2.07. The van der Waals surface area contributed by atoms with E-state index in [1.54, 1.807) is 6.07 Å². The molecule has 0 bridgehead atoms. The van der Waals surface area contributed by atoms with Crippen LogP contribution in [-0.2, 0) is 7.05 Å². The van der Waals surface area contributed by atoms with Crippen LogP contribution in [0.15, 0.2) is 48.8 Å². The number of ether oxygens (including phenoxy) is 1. The number of hydrogen-bond acceptors (Lipinski definition) is 3. The van der Waals surface area contributed by atoms with Crippen molar-refractivity contribution in [2.45, 2.75) is 0 Å². The molecule has 0 radical (unpaired) electrons. The number of carbonyl (C=O) groups is 1. The van der Waals surface area contributed by atoms with Crippen molar-refractivity contribution in [2.75, 3.05) is 0 Å². The first-order valence-corrected chi connectivity index (χ1v) is 6.12. The molecule has 0 saturated carbocycles. The molecule has 2 heterocycles. The predicted molar refractivity (Wildman–Crippen MR) is 75.7 cm³/mol. The van der Waals surface area contributed by atoms with Crippen LogP contribution in [-0.4, -0.2) is 15.5 Å². The maximum atomic E-state index is 11.1. The Kier molecular flexibility index (Phi) is 2.87. The van der Waals surface area contributed by atoms with E-state index in [4.69, 9.17) is 10.5 Å². The predicted octanol–water partition coefficient (Wildman–Crippen LogP) is 2.46. The topological polar surface area (TPSA) is 70.1 Å². The third-order valence-electron chi connectivity index (χ3n) is 3.08. The van der Waals surface area contributed by atoms with Crippen LogP contribution in [0.2, 0.25) is 0 Å². The van der Waals surface area contributed by atoms with E-state index in [1.807, 2.05) is 42.1 Å². The highest BCUT2D eigenvalue weighted by molar-refractivity contribution is 5.91. The lowest BCUT2D eigenvalue weighted by Gasteiger charge is -2.06. The molecule has 3 rings (SSSR count). The summed E-state index contributed by atoms with van der Waals surface area (Å²) in [5.41, 5.74) is 6.51. The molecule has 0 atom stereocenters. The summed E-state index contributed by atoms with van der Waals surface area (Å²) in [5, 5.41) is 1.09. The quantitative estimate of drug-likeness (QED) is 0.792. The van der Waals surface area contributed by atoms with Crippen molar-refractivity contribution in [3.63, 3.8) is 0 Å². The Bertz CT molecular complexity index is 793. The van der Waals surface area contributed by atoms with Crippen molar-refractivity contribution in [3.05, 3.63) is 54.5 Å². The molecular formula is C15H13N3O2. The lowest BCUT2D eigenvalue weighted by molar-refractivity contribution is 0.0995. The number of amides is 1. The third kappa shape index (κ3) is 2.21. The molecule has 1 aromatic carbocycles. The summed E-state index contributed by atoms with van der Waals surface area (Å²) in [5.74, 6) is 0.656. The van der Waals surface area contributed by atoms with Gasteiger partial charge < -0.3 is 15.0 Å². The van der Waals surface area contributed by atoms with E-state index in [2.05, 4.69) is 4.98 Å². The summed E-state index contributed by atoms with van der Waals surface area (Å²) in [6, 6.07) is 11.0. The van der Waals surface area contributed by atoms with Crippen molar-refractivity contribution < 1.29 is 9.53 Å². The number of nitrogens with zero attached hydrogens (tertiary/aromatic N) is 2. The van der Waals surface area contributed by atoms with Crippen molar-refractivity contribution in [1.82, 2.24) is 9.55 Å². The van der Waals surface area contributed by atoms with Gasteiger partial charge in [-0.15, -0.1) is 0 Å². The minimum absolute atomic E-state index is 0.184. The summed E-state index contributed by atoms with van der Waals surface area (Å²) in [7, 11) is 1.99. The van der Waals surface area contributed by atoms with E-state index in [1.165, 1.54) is 12.3 Å². The number of carbonyl (C=O) groups excluding carboxylic acids is 1. The first-order chi connectivity index (χ1) is 9.63. The molecule has 0 unspecified atom stereocenters. The fourth-order valence-electron chi connectivity index (χ4n) is 2.07. The van der Waals surface area contributed by atoms with E-state index in [0.717, 1.165) is 10.9 Å². The van der Waals surface area contributed by atoms with Gasteiger partial charge in [0.2, 0.25) is 0 Å². The van der Waals surface area contributed by atoms with Gasteiger partial charge in [-0.25, -0.2) is 0 Å². The highest BCUT2D eigenvalue weighted by atomic mass is 16.5. The van der Waals surface area contributed by atoms with E-state index in [0.29, 0.717) is 11.5 Å². The maximum absolute atomic E-state index is 11.1. The van der Waals surface area contributed by atoms with Crippen molar-refractivity contribution in [3.8, 4) is 11.5 Å². The summed E-state index contributed by atoms with van der Waals surface area (Å²) in [6.07, 6.45) is 3.49. The maximum Gasteiger partial charge on any atom is 0.267 e. The highest BCUT2D eigenvalue weighted by Gasteiger charge is 2.06. The lowest BCUT2D eigenvalue weighted by Crippen LogP contribution is -2.12. The molecule has 0 saturated heterocycles. The molecule has 5 heteroatoms. The number of rotatable bonds is 3. The van der Waals surface area contributed by atoms with Gasteiger partial charge in [0.05, 0.1) is 0 Å². The summed E-state index contributed by atoms with van der Waals surface area (Å²) >= 11 is 0. The van der Waals surface area contributed by atoms with Crippen LogP contribution < -0.4 is 10.5 Å². The molecule has 5 nitrogen and oxygen atoms in total. The second-order valence-electron chi connectivity index (χ2n) is 4.49. The van der Waals surface area contributed by atoms with Crippen LogP contribution in [0, 0.1) is 0 Å². The monoisotopic (exact) mass is 267 g/mol. The normalized spacial score (nSPS) is 10.7. The Balaban J connectivity index is 1.92. The van der Waals surface area contributed by atoms with Crippen LogP contribution in [0.1, 0.15) is 10.5 Å². The summed E-state index contributed by atoms with van der Waals surface area (Å²) < 4.78 is 7.77. The third-order valence-corrected chi connectivity index (χ3v) is 3.08. The fraction of sp³-hybridized carbons (Fsp3) is 0.0667. The van der Waals surface area contributed by atoms with Crippen molar-refractivity contribution in [1.29, 1.82) is 0 Å². The lowest BCUT2D eigenvalue weighted by atomic mass is 10.2. The second-order valence-corrected chi connectivity index (χ2v) is 4.49. The van der Waals surface area contributed by atoms with Crippen LogP contribution in [0.3, 0.4) is 0 Å². The first-order valence-electron chi connectivity index (χ1n) is 6.12. The van der Waals surface area contributed by atoms with Gasteiger partial charge in [0.15, 0.2) is 0 Å². The SMILES string of the molecule is Cn1ccc2cc(Oc3ccnc(C(N)=O)c3)ccc21. The van der Waals surface area contributed by atoms with Gasteiger partial charge in [-0.2, -0.15) is 0 Å². The zero-order chi connectivity index (χ0) is 14.1. The van der Waals surface area contributed by atoms with Gasteiger partial charge in [0.25, 0.3) is 5.91 Å². The van der Waals surface area contributed by atoms with Gasteiger partial charge in [-0.1, -0.05) is 0 Å². The second kappa shape index (κ2) is 4.70. The zero-order valence-corrected chi connectivity index (χ0v) is 10.9. The number of hydrogen-bond donors (Lipinski definition) is 1. The number of benzene rings is 1. The van der Waals surface area contributed by atoms with Crippen LogP contribution >= 0.6 is 0 Å². The molecular weight excluding hydrogens is 254 g/mol. The van der Waals surface area contributed by atoms with Gasteiger partial charge in [0, 0.05) is 36.4 Å². The molecule has 2 N–H and O–H groups in total. The number of pyridine rings is 1. The number of fused-ring (bicyclic) bond motifs is 1. The Morgan fingerprint density at radius 2 is 2.00 bits per heavy atom. The van der Waals surface area contributed by atoms with Gasteiger partial charge in [0.1, 0.15) is 17.2 Å². The van der Waals surface area contributed by atoms with Crippen LogP contribution in [0.5, 0.6) is 11.5 Å². The summed E-state index contributed by atoms with van der Waals surface area (Å²) in [4.78, 5) is 15.0. The minimum atomic E-state index is -0.575. The average molecular weight is 267 g/mol.